The number of furan rings is 1. The second-order valence-corrected chi connectivity index (χ2v) is 6.01. The highest BCUT2D eigenvalue weighted by molar-refractivity contribution is 6.30. The first-order valence-electron chi connectivity index (χ1n) is 7.92. The topological polar surface area (TPSA) is 89.2 Å². The summed E-state index contributed by atoms with van der Waals surface area (Å²) in [5.74, 6) is -0.0399. The van der Waals surface area contributed by atoms with E-state index in [0.717, 1.165) is 5.69 Å². The Morgan fingerprint density at radius 3 is 2.81 bits per heavy atom. The van der Waals surface area contributed by atoms with Crippen molar-refractivity contribution in [2.24, 2.45) is 0 Å². The number of halogens is 1. The summed E-state index contributed by atoms with van der Waals surface area (Å²) in [4.78, 5) is 24.1. The van der Waals surface area contributed by atoms with Gasteiger partial charge in [0.15, 0.2) is 0 Å². The Kier molecular flexibility index (Phi) is 5.38. The van der Waals surface area contributed by atoms with Gasteiger partial charge in [0.25, 0.3) is 5.91 Å². The molecule has 0 aliphatic carbocycles. The van der Waals surface area contributed by atoms with E-state index >= 15 is 0 Å². The Bertz CT molecular complexity index is 918. The van der Waals surface area contributed by atoms with Crippen molar-refractivity contribution in [2.75, 3.05) is 6.54 Å². The zero-order valence-corrected chi connectivity index (χ0v) is 14.8. The smallest absolute Gasteiger partial charge is 0.255 e. The lowest BCUT2D eigenvalue weighted by Crippen LogP contribution is -2.36. The van der Waals surface area contributed by atoms with Crippen LogP contribution < -0.4 is 10.6 Å². The van der Waals surface area contributed by atoms with E-state index in [4.69, 9.17) is 16.0 Å². The lowest BCUT2D eigenvalue weighted by Gasteiger charge is -2.07. The van der Waals surface area contributed by atoms with Gasteiger partial charge >= 0.3 is 0 Å². The van der Waals surface area contributed by atoms with Gasteiger partial charge in [-0.1, -0.05) is 17.7 Å². The molecule has 0 saturated heterocycles. The number of aromatic nitrogens is 2. The van der Waals surface area contributed by atoms with Gasteiger partial charge in [0.05, 0.1) is 42.5 Å². The quantitative estimate of drug-likeness (QED) is 0.695. The van der Waals surface area contributed by atoms with Crippen LogP contribution >= 0.6 is 11.6 Å². The predicted molar refractivity (Wildman–Crippen MR) is 96.2 cm³/mol. The largest absolute Gasteiger partial charge is 0.467 e. The molecular weight excluding hydrogens is 356 g/mol. The van der Waals surface area contributed by atoms with Gasteiger partial charge in [0.1, 0.15) is 5.76 Å². The predicted octanol–water partition coefficient (Wildman–Crippen LogP) is 2.47. The normalized spacial score (nSPS) is 10.5. The summed E-state index contributed by atoms with van der Waals surface area (Å²) in [7, 11) is 0. The minimum Gasteiger partial charge on any atom is -0.467 e. The molecule has 8 heteroatoms. The molecule has 0 fully saturated rings. The molecule has 0 saturated carbocycles. The molecule has 1 aromatic carbocycles. The first-order valence-corrected chi connectivity index (χ1v) is 8.30. The van der Waals surface area contributed by atoms with Gasteiger partial charge in [-0.3, -0.25) is 9.59 Å². The third-order valence-corrected chi connectivity index (χ3v) is 3.99. The molecule has 7 nitrogen and oxygen atoms in total. The van der Waals surface area contributed by atoms with Crippen LogP contribution in [-0.4, -0.2) is 28.1 Å². The highest BCUT2D eigenvalue weighted by atomic mass is 35.5. The molecule has 0 aliphatic heterocycles. The van der Waals surface area contributed by atoms with E-state index in [1.165, 1.54) is 12.5 Å². The van der Waals surface area contributed by atoms with Crippen LogP contribution in [0, 0.1) is 6.92 Å². The van der Waals surface area contributed by atoms with Crippen molar-refractivity contribution in [2.45, 2.75) is 13.5 Å². The molecule has 0 aliphatic rings. The van der Waals surface area contributed by atoms with Gasteiger partial charge in [-0.05, 0) is 37.3 Å². The van der Waals surface area contributed by atoms with Crippen LogP contribution in [0.3, 0.4) is 0 Å². The summed E-state index contributed by atoms with van der Waals surface area (Å²) < 4.78 is 6.75. The van der Waals surface area contributed by atoms with Crippen molar-refractivity contribution < 1.29 is 14.0 Å². The fraction of sp³-hybridized carbons (Fsp3) is 0.167. The first-order chi connectivity index (χ1) is 12.5. The summed E-state index contributed by atoms with van der Waals surface area (Å²) >= 11 is 6.00. The number of carbonyl (C=O) groups is 2. The minimum atomic E-state index is -0.371. The molecule has 0 unspecified atom stereocenters. The van der Waals surface area contributed by atoms with E-state index in [9.17, 15) is 9.59 Å². The van der Waals surface area contributed by atoms with Crippen LogP contribution in [0.2, 0.25) is 5.02 Å². The maximum Gasteiger partial charge on any atom is 0.255 e. The molecule has 0 bridgehead atoms. The Labute approximate surface area is 154 Å². The van der Waals surface area contributed by atoms with E-state index in [0.29, 0.717) is 22.0 Å². The monoisotopic (exact) mass is 372 g/mol. The number of nitrogens with zero attached hydrogens (tertiary/aromatic N) is 2. The summed E-state index contributed by atoms with van der Waals surface area (Å²) in [6.07, 6.45) is 3.00. The Balaban J connectivity index is 1.59. The lowest BCUT2D eigenvalue weighted by molar-refractivity contribution is -0.120. The highest BCUT2D eigenvalue weighted by Gasteiger charge is 2.16. The zero-order chi connectivity index (χ0) is 18.5. The molecule has 3 aromatic rings. The van der Waals surface area contributed by atoms with E-state index in [-0.39, 0.29) is 24.9 Å². The van der Waals surface area contributed by atoms with E-state index in [1.54, 1.807) is 35.9 Å². The molecule has 2 heterocycles. The molecule has 0 spiro atoms. The van der Waals surface area contributed by atoms with Crippen LogP contribution in [-0.2, 0) is 11.3 Å². The van der Waals surface area contributed by atoms with Gasteiger partial charge in [0.2, 0.25) is 5.91 Å². The van der Waals surface area contributed by atoms with E-state index in [1.807, 2.05) is 12.1 Å². The molecule has 2 aromatic heterocycles. The number of rotatable bonds is 6. The van der Waals surface area contributed by atoms with Crippen molar-refractivity contribution in [3.63, 3.8) is 0 Å². The van der Waals surface area contributed by atoms with Gasteiger partial charge in [-0.25, -0.2) is 4.68 Å². The summed E-state index contributed by atoms with van der Waals surface area (Å²) in [6, 6.07) is 10.7. The van der Waals surface area contributed by atoms with Crippen LogP contribution in [0.15, 0.2) is 53.3 Å². The molecular formula is C18H17ClN4O3. The first kappa shape index (κ1) is 17.8. The fourth-order valence-corrected chi connectivity index (χ4v) is 2.60. The SMILES string of the molecule is Cc1c(C(=O)NCC(=O)NCc2ccco2)cnn1-c1cccc(Cl)c1. The Hall–Kier alpha value is -3.06. The third-order valence-electron chi connectivity index (χ3n) is 3.76. The summed E-state index contributed by atoms with van der Waals surface area (Å²) in [5.41, 5.74) is 1.80. The van der Waals surface area contributed by atoms with Crippen LogP contribution in [0.4, 0.5) is 0 Å². The van der Waals surface area contributed by atoms with Crippen LogP contribution in [0.5, 0.6) is 0 Å². The number of benzene rings is 1. The maximum atomic E-state index is 12.3. The summed E-state index contributed by atoms with van der Waals surface area (Å²) in [5, 5.41) is 10.1. The Morgan fingerprint density at radius 2 is 2.08 bits per heavy atom. The zero-order valence-electron chi connectivity index (χ0n) is 14.0. The molecule has 26 heavy (non-hydrogen) atoms. The molecule has 0 radical (unpaired) electrons. The molecule has 3 rings (SSSR count). The van der Waals surface area contributed by atoms with Gasteiger partial charge < -0.3 is 15.1 Å². The molecule has 0 atom stereocenters. The number of hydrogen-bond donors (Lipinski definition) is 2. The van der Waals surface area contributed by atoms with E-state index < -0.39 is 0 Å². The summed E-state index contributed by atoms with van der Waals surface area (Å²) in [6.45, 7) is 1.91. The van der Waals surface area contributed by atoms with Crippen molar-refractivity contribution >= 4 is 23.4 Å². The third kappa shape index (κ3) is 4.12. The maximum absolute atomic E-state index is 12.3. The standard InChI is InChI=1S/C18H17ClN4O3/c1-12-16(10-22-23(12)14-5-2-4-13(19)8-14)18(25)21-11-17(24)20-9-15-6-3-7-26-15/h2-8,10H,9,11H2,1H3,(H,20,24)(H,21,25). The Morgan fingerprint density at radius 1 is 1.23 bits per heavy atom. The van der Waals surface area contributed by atoms with Crippen molar-refractivity contribution in [1.82, 2.24) is 20.4 Å². The van der Waals surface area contributed by atoms with Crippen LogP contribution in [0.25, 0.3) is 5.69 Å². The van der Waals surface area contributed by atoms with Gasteiger partial charge in [-0.15, -0.1) is 0 Å². The van der Waals surface area contributed by atoms with Crippen molar-refractivity contribution in [1.29, 1.82) is 0 Å². The number of carbonyl (C=O) groups excluding carboxylic acids is 2. The second kappa shape index (κ2) is 7.88. The number of nitrogens with one attached hydrogen (secondary N) is 2. The molecule has 2 amide bonds. The number of hydrogen-bond acceptors (Lipinski definition) is 4. The van der Waals surface area contributed by atoms with Gasteiger partial charge in [0, 0.05) is 5.02 Å². The average Bonchev–Trinajstić information content (AvgIpc) is 3.27. The van der Waals surface area contributed by atoms with Crippen LogP contribution in [0.1, 0.15) is 21.8 Å². The lowest BCUT2D eigenvalue weighted by atomic mass is 10.2. The van der Waals surface area contributed by atoms with Crippen molar-refractivity contribution in [3.05, 3.63) is 70.9 Å². The second-order valence-electron chi connectivity index (χ2n) is 5.57. The minimum absolute atomic E-state index is 0.138. The average molecular weight is 373 g/mol. The fourth-order valence-electron chi connectivity index (χ4n) is 2.42. The highest BCUT2D eigenvalue weighted by Crippen LogP contribution is 2.17. The van der Waals surface area contributed by atoms with Crippen molar-refractivity contribution in [3.8, 4) is 5.69 Å². The molecule has 2 N–H and O–H groups in total. The number of amides is 2. The van der Waals surface area contributed by atoms with E-state index in [2.05, 4.69) is 15.7 Å². The molecule has 134 valence electrons. The van der Waals surface area contributed by atoms with Gasteiger partial charge in [-0.2, -0.15) is 5.10 Å².